The van der Waals surface area contributed by atoms with Crippen LogP contribution in [0.25, 0.3) is 0 Å². The molecule has 78 valence electrons. The average Bonchev–Trinajstić information content (AvgIpc) is 2.15. The van der Waals surface area contributed by atoms with E-state index in [1.54, 1.807) is 6.07 Å². The van der Waals surface area contributed by atoms with Crippen molar-refractivity contribution < 1.29 is 4.74 Å². The largest absolute Gasteiger partial charge is 0.377 e. The maximum atomic E-state index is 5.74. The van der Waals surface area contributed by atoms with Gasteiger partial charge in [0.25, 0.3) is 0 Å². The summed E-state index contributed by atoms with van der Waals surface area (Å²) in [5.74, 6) is 0.782. The van der Waals surface area contributed by atoms with Crippen LogP contribution in [0.5, 0.6) is 0 Å². The van der Waals surface area contributed by atoms with Crippen LogP contribution in [-0.2, 0) is 4.74 Å². The Morgan fingerprint density at radius 3 is 3.00 bits per heavy atom. The molecule has 0 saturated heterocycles. The van der Waals surface area contributed by atoms with E-state index in [0.29, 0.717) is 5.15 Å². The third kappa shape index (κ3) is 3.94. The second-order valence-electron chi connectivity index (χ2n) is 2.99. The molecule has 0 aromatic carbocycles. The summed E-state index contributed by atoms with van der Waals surface area (Å²) < 4.78 is 5.37. The highest BCUT2D eigenvalue weighted by Crippen LogP contribution is 2.09. The molecule has 0 saturated carbocycles. The van der Waals surface area contributed by atoms with E-state index in [1.807, 2.05) is 26.0 Å². The summed E-state index contributed by atoms with van der Waals surface area (Å²) >= 11 is 5.74. The van der Waals surface area contributed by atoms with Crippen molar-refractivity contribution in [3.63, 3.8) is 0 Å². The van der Waals surface area contributed by atoms with Gasteiger partial charge in [0, 0.05) is 13.2 Å². The summed E-state index contributed by atoms with van der Waals surface area (Å²) in [5, 5.41) is 3.65. The van der Waals surface area contributed by atoms with Crippen LogP contribution < -0.4 is 5.32 Å². The fraction of sp³-hybridized carbons (Fsp3) is 0.500. The zero-order valence-electron chi connectivity index (χ0n) is 8.46. The number of nitrogens with zero attached hydrogens (tertiary/aromatic N) is 1. The van der Waals surface area contributed by atoms with Gasteiger partial charge in [-0.1, -0.05) is 17.7 Å². The Hall–Kier alpha value is -0.800. The van der Waals surface area contributed by atoms with Crippen LogP contribution in [0.2, 0.25) is 5.15 Å². The number of anilines is 1. The first-order valence-electron chi connectivity index (χ1n) is 4.70. The molecule has 1 atom stereocenters. The van der Waals surface area contributed by atoms with Gasteiger partial charge in [-0.3, -0.25) is 0 Å². The number of halogens is 1. The molecule has 1 aromatic rings. The molecule has 14 heavy (non-hydrogen) atoms. The molecule has 0 amide bonds. The predicted molar refractivity (Wildman–Crippen MR) is 58.8 cm³/mol. The lowest BCUT2D eigenvalue weighted by molar-refractivity contribution is 0.0855. The Morgan fingerprint density at radius 2 is 2.36 bits per heavy atom. The van der Waals surface area contributed by atoms with Crippen LogP contribution in [0, 0.1) is 0 Å². The van der Waals surface area contributed by atoms with Gasteiger partial charge in [-0.25, -0.2) is 4.98 Å². The third-order valence-corrected chi connectivity index (χ3v) is 1.95. The van der Waals surface area contributed by atoms with Gasteiger partial charge in [-0.05, 0) is 26.0 Å². The molecule has 1 N–H and O–H groups in total. The van der Waals surface area contributed by atoms with E-state index < -0.39 is 0 Å². The first-order chi connectivity index (χ1) is 6.72. The minimum Gasteiger partial charge on any atom is -0.377 e. The third-order valence-electron chi connectivity index (χ3n) is 1.74. The van der Waals surface area contributed by atoms with Crippen molar-refractivity contribution in [2.75, 3.05) is 18.5 Å². The molecule has 0 spiro atoms. The van der Waals surface area contributed by atoms with Crippen LogP contribution in [-0.4, -0.2) is 24.2 Å². The Bertz CT molecular complexity index is 281. The molecular formula is C10H15ClN2O. The van der Waals surface area contributed by atoms with Gasteiger partial charge in [0.2, 0.25) is 0 Å². The van der Waals surface area contributed by atoms with Crippen molar-refractivity contribution in [3.8, 4) is 0 Å². The molecule has 1 aromatic heterocycles. The summed E-state index contributed by atoms with van der Waals surface area (Å²) in [5.41, 5.74) is 0. The maximum absolute atomic E-state index is 5.74. The fourth-order valence-electron chi connectivity index (χ4n) is 1.10. The van der Waals surface area contributed by atoms with Gasteiger partial charge in [0.15, 0.2) is 0 Å². The number of hydrogen-bond donors (Lipinski definition) is 1. The predicted octanol–water partition coefficient (Wildman–Crippen LogP) is 2.57. The standard InChI is InChI=1S/C10H15ClN2O/c1-3-14-8(2)7-12-10-6-4-5-9(11)13-10/h4-6,8H,3,7H2,1-2H3,(H,12,13). The SMILES string of the molecule is CCOC(C)CNc1cccc(Cl)n1. The Labute approximate surface area is 89.4 Å². The van der Waals surface area contributed by atoms with Crippen LogP contribution in [0.1, 0.15) is 13.8 Å². The van der Waals surface area contributed by atoms with E-state index in [0.717, 1.165) is 19.0 Å². The van der Waals surface area contributed by atoms with Crippen LogP contribution in [0.4, 0.5) is 5.82 Å². The van der Waals surface area contributed by atoms with Crippen molar-refractivity contribution in [3.05, 3.63) is 23.4 Å². The number of aromatic nitrogens is 1. The van der Waals surface area contributed by atoms with E-state index in [1.165, 1.54) is 0 Å². The lowest BCUT2D eigenvalue weighted by Crippen LogP contribution is -2.20. The van der Waals surface area contributed by atoms with Crippen LogP contribution >= 0.6 is 11.6 Å². The topological polar surface area (TPSA) is 34.1 Å². The van der Waals surface area contributed by atoms with Crippen LogP contribution in [0.15, 0.2) is 18.2 Å². The fourth-order valence-corrected chi connectivity index (χ4v) is 1.26. The Morgan fingerprint density at radius 1 is 1.57 bits per heavy atom. The molecule has 1 unspecified atom stereocenters. The van der Waals surface area contributed by atoms with E-state index in [9.17, 15) is 0 Å². The lowest BCUT2D eigenvalue weighted by Gasteiger charge is -2.12. The van der Waals surface area contributed by atoms with Crippen molar-refractivity contribution in [1.82, 2.24) is 4.98 Å². The zero-order valence-corrected chi connectivity index (χ0v) is 9.21. The summed E-state index contributed by atoms with van der Waals surface area (Å²) in [7, 11) is 0. The van der Waals surface area contributed by atoms with Gasteiger partial charge in [0.1, 0.15) is 11.0 Å². The van der Waals surface area contributed by atoms with Crippen molar-refractivity contribution in [2.24, 2.45) is 0 Å². The second-order valence-corrected chi connectivity index (χ2v) is 3.38. The monoisotopic (exact) mass is 214 g/mol. The summed E-state index contributed by atoms with van der Waals surface area (Å²) in [6.45, 7) is 5.46. The summed E-state index contributed by atoms with van der Waals surface area (Å²) in [6, 6.07) is 5.49. The first-order valence-corrected chi connectivity index (χ1v) is 5.08. The minimum absolute atomic E-state index is 0.181. The highest BCUT2D eigenvalue weighted by atomic mass is 35.5. The van der Waals surface area contributed by atoms with E-state index in [2.05, 4.69) is 10.3 Å². The lowest BCUT2D eigenvalue weighted by atomic mass is 10.4. The molecule has 0 aliphatic rings. The van der Waals surface area contributed by atoms with Crippen molar-refractivity contribution >= 4 is 17.4 Å². The Balaban J connectivity index is 2.37. The van der Waals surface area contributed by atoms with Gasteiger partial charge in [0.05, 0.1) is 6.10 Å². The molecule has 3 nitrogen and oxygen atoms in total. The number of hydrogen-bond acceptors (Lipinski definition) is 3. The average molecular weight is 215 g/mol. The molecule has 0 fully saturated rings. The quantitative estimate of drug-likeness (QED) is 0.765. The molecular weight excluding hydrogens is 200 g/mol. The van der Waals surface area contributed by atoms with Crippen molar-refractivity contribution in [1.29, 1.82) is 0 Å². The number of rotatable bonds is 5. The summed E-state index contributed by atoms with van der Waals surface area (Å²) in [6.07, 6.45) is 0.181. The number of nitrogens with one attached hydrogen (secondary N) is 1. The first kappa shape index (κ1) is 11.3. The van der Waals surface area contributed by atoms with Crippen molar-refractivity contribution in [2.45, 2.75) is 20.0 Å². The normalized spacial score (nSPS) is 12.5. The molecule has 1 rings (SSSR count). The highest BCUT2D eigenvalue weighted by Gasteiger charge is 2.00. The number of pyridine rings is 1. The van der Waals surface area contributed by atoms with E-state index in [4.69, 9.17) is 16.3 Å². The zero-order chi connectivity index (χ0) is 10.4. The molecule has 0 aliphatic heterocycles. The number of ether oxygens (including phenoxy) is 1. The van der Waals surface area contributed by atoms with Gasteiger partial charge < -0.3 is 10.1 Å². The van der Waals surface area contributed by atoms with E-state index in [-0.39, 0.29) is 6.10 Å². The molecule has 0 aliphatic carbocycles. The highest BCUT2D eigenvalue weighted by molar-refractivity contribution is 6.29. The van der Waals surface area contributed by atoms with Gasteiger partial charge in [-0.15, -0.1) is 0 Å². The molecule has 0 bridgehead atoms. The van der Waals surface area contributed by atoms with Gasteiger partial charge >= 0.3 is 0 Å². The molecule has 1 heterocycles. The van der Waals surface area contributed by atoms with E-state index >= 15 is 0 Å². The Kier molecular flexibility index (Phi) is 4.70. The second kappa shape index (κ2) is 5.83. The molecule has 4 heteroatoms. The minimum atomic E-state index is 0.181. The smallest absolute Gasteiger partial charge is 0.131 e. The summed E-state index contributed by atoms with van der Waals surface area (Å²) in [4.78, 5) is 4.10. The molecule has 0 radical (unpaired) electrons. The van der Waals surface area contributed by atoms with Crippen LogP contribution in [0.3, 0.4) is 0 Å². The maximum Gasteiger partial charge on any atom is 0.131 e. The van der Waals surface area contributed by atoms with Gasteiger partial charge in [-0.2, -0.15) is 0 Å².